The second kappa shape index (κ2) is 8.90. The summed E-state index contributed by atoms with van der Waals surface area (Å²) in [6.07, 6.45) is 1.47. The van der Waals surface area contributed by atoms with Crippen LogP contribution in [0.5, 0.6) is 11.5 Å². The van der Waals surface area contributed by atoms with Crippen LogP contribution >= 0.6 is 0 Å². The van der Waals surface area contributed by atoms with E-state index in [0.29, 0.717) is 15.4 Å². The van der Waals surface area contributed by atoms with Gasteiger partial charge in [-0.15, -0.1) is 0 Å². The number of nitrogens with zero attached hydrogens (tertiary/aromatic N) is 2. The van der Waals surface area contributed by atoms with Crippen LogP contribution in [0.1, 0.15) is 18.1 Å². The van der Waals surface area contributed by atoms with Gasteiger partial charge < -0.3 is 15.2 Å². The Morgan fingerprint density at radius 3 is 2.51 bits per heavy atom. The molecule has 2 amide bonds. The van der Waals surface area contributed by atoms with Gasteiger partial charge in [-0.25, -0.2) is 12.7 Å². The number of fused-ring (bicyclic) bond motifs is 2. The number of primary amides is 1. The summed E-state index contributed by atoms with van der Waals surface area (Å²) >= 11 is 0. The highest BCUT2D eigenvalue weighted by Gasteiger charge is 2.61. The van der Waals surface area contributed by atoms with E-state index in [2.05, 4.69) is 4.98 Å². The van der Waals surface area contributed by atoms with Crippen molar-refractivity contribution in [1.29, 1.82) is 0 Å². The minimum Gasteiger partial charge on any atom is -0.497 e. The quantitative estimate of drug-likeness (QED) is 0.373. The highest BCUT2D eigenvalue weighted by molar-refractivity contribution is 7.93. The molecule has 0 fully saturated rings. The molecular formula is C27H23N3O6S. The summed E-state index contributed by atoms with van der Waals surface area (Å²) in [5.74, 6) is -1.54. The van der Waals surface area contributed by atoms with Crippen molar-refractivity contribution in [2.45, 2.75) is 17.2 Å². The van der Waals surface area contributed by atoms with Crippen LogP contribution in [0.4, 0.5) is 5.69 Å². The van der Waals surface area contributed by atoms with Crippen molar-refractivity contribution in [3.05, 3.63) is 90.1 Å². The maximum Gasteiger partial charge on any atom is 0.273 e. The number of nitrogens with two attached hydrogens (primary N) is 1. The first-order valence-electron chi connectivity index (χ1n) is 11.4. The van der Waals surface area contributed by atoms with Gasteiger partial charge in [0.2, 0.25) is 5.91 Å². The second-order valence-electron chi connectivity index (χ2n) is 8.33. The summed E-state index contributed by atoms with van der Waals surface area (Å²) in [6, 6.07) is 18.9. The number of anilines is 1. The topological polar surface area (TPSA) is 129 Å². The zero-order valence-electron chi connectivity index (χ0n) is 20.0. The Balaban J connectivity index is 1.85. The van der Waals surface area contributed by atoms with E-state index in [9.17, 15) is 18.0 Å². The number of sulfonamides is 1. The average molecular weight is 518 g/mol. The molecule has 5 rings (SSSR count). The highest BCUT2D eigenvalue weighted by Crippen LogP contribution is 2.51. The van der Waals surface area contributed by atoms with Crippen LogP contribution in [0.3, 0.4) is 0 Å². The largest absolute Gasteiger partial charge is 0.497 e. The minimum atomic E-state index is -4.55. The molecule has 1 atom stereocenters. The third-order valence-electron chi connectivity index (χ3n) is 6.41. The molecule has 2 N–H and O–H groups in total. The van der Waals surface area contributed by atoms with Gasteiger partial charge in [-0.2, -0.15) is 0 Å². The standard InChI is InChI=1S/C27H23N3O6S/c1-3-36-22-11-5-4-10-19(22)27(25(28)31)20-16-18(35-2)13-14-21(20)30(26(27)32)37(33,34)23-12-6-8-17-9-7-15-29-24(17)23/h4-16H,3H2,1-2H3,(H2,28,31). The maximum atomic E-state index is 14.4. The van der Waals surface area contributed by atoms with Crippen molar-refractivity contribution in [3.8, 4) is 11.5 Å². The molecule has 0 spiro atoms. The number of pyridine rings is 1. The Hall–Kier alpha value is -4.44. The molecule has 0 bridgehead atoms. The molecule has 37 heavy (non-hydrogen) atoms. The molecule has 188 valence electrons. The molecule has 4 aromatic rings. The lowest BCUT2D eigenvalue weighted by molar-refractivity contribution is -0.131. The van der Waals surface area contributed by atoms with E-state index in [1.165, 1.54) is 43.6 Å². The zero-order chi connectivity index (χ0) is 26.4. The molecule has 0 aliphatic carbocycles. The fourth-order valence-corrected chi connectivity index (χ4v) is 6.44. The predicted molar refractivity (Wildman–Crippen MR) is 137 cm³/mol. The lowest BCUT2D eigenvalue weighted by Crippen LogP contribution is -2.51. The van der Waals surface area contributed by atoms with Crippen molar-refractivity contribution >= 4 is 38.4 Å². The first kappa shape index (κ1) is 24.3. The highest BCUT2D eigenvalue weighted by atomic mass is 32.2. The number of benzene rings is 3. The molecule has 1 unspecified atom stereocenters. The Kier molecular flexibility index (Phi) is 5.83. The fraction of sp³-hybridized carbons (Fsp3) is 0.148. The summed E-state index contributed by atoms with van der Waals surface area (Å²) in [7, 11) is -3.13. The molecular weight excluding hydrogens is 494 g/mol. The van der Waals surface area contributed by atoms with Crippen molar-refractivity contribution in [3.63, 3.8) is 0 Å². The van der Waals surface area contributed by atoms with Gasteiger partial charge >= 0.3 is 0 Å². The molecule has 10 heteroatoms. The van der Waals surface area contributed by atoms with Crippen molar-refractivity contribution < 1.29 is 27.5 Å². The summed E-state index contributed by atoms with van der Waals surface area (Å²) < 4.78 is 40.1. The van der Waals surface area contributed by atoms with E-state index in [4.69, 9.17) is 15.2 Å². The summed E-state index contributed by atoms with van der Waals surface area (Å²) in [5, 5.41) is 0.577. The third kappa shape index (κ3) is 3.44. The molecule has 2 heterocycles. The van der Waals surface area contributed by atoms with Crippen molar-refractivity contribution in [2.24, 2.45) is 5.73 Å². The lowest BCUT2D eigenvalue weighted by atomic mass is 9.74. The Morgan fingerprint density at radius 2 is 1.78 bits per heavy atom. The van der Waals surface area contributed by atoms with Crippen LogP contribution in [0.2, 0.25) is 0 Å². The van der Waals surface area contributed by atoms with Crippen LogP contribution < -0.4 is 19.5 Å². The first-order valence-corrected chi connectivity index (χ1v) is 12.9. The van der Waals surface area contributed by atoms with Crippen molar-refractivity contribution in [1.82, 2.24) is 4.98 Å². The van der Waals surface area contributed by atoms with Gasteiger partial charge in [-0.1, -0.05) is 36.4 Å². The normalized spacial score (nSPS) is 17.0. The summed E-state index contributed by atoms with van der Waals surface area (Å²) in [6.45, 7) is 2.00. The molecule has 0 saturated heterocycles. The average Bonchev–Trinajstić information content (AvgIpc) is 3.17. The molecule has 0 saturated carbocycles. The van der Waals surface area contributed by atoms with E-state index >= 15 is 0 Å². The number of hydrogen-bond donors (Lipinski definition) is 1. The molecule has 1 aliphatic heterocycles. The number of para-hydroxylation sites is 2. The van der Waals surface area contributed by atoms with E-state index in [0.717, 1.165) is 0 Å². The summed E-state index contributed by atoms with van der Waals surface area (Å²) in [4.78, 5) is 31.8. The molecule has 9 nitrogen and oxygen atoms in total. The van der Waals surface area contributed by atoms with Gasteiger partial charge in [0.05, 0.1) is 24.9 Å². The number of rotatable bonds is 7. The van der Waals surface area contributed by atoms with Crippen LogP contribution in [0.15, 0.2) is 83.9 Å². The van der Waals surface area contributed by atoms with Crippen molar-refractivity contribution in [2.75, 3.05) is 18.0 Å². The van der Waals surface area contributed by atoms with Crippen LogP contribution in [0, 0.1) is 0 Å². The van der Waals surface area contributed by atoms with Gasteiger partial charge in [0.15, 0.2) is 5.41 Å². The van der Waals surface area contributed by atoms with Gasteiger partial charge in [0.1, 0.15) is 16.4 Å². The number of methoxy groups -OCH3 is 1. The van der Waals surface area contributed by atoms with Gasteiger partial charge in [0, 0.05) is 22.7 Å². The number of amides is 2. The molecule has 3 aromatic carbocycles. The Bertz CT molecular complexity index is 1660. The van der Waals surface area contributed by atoms with Crippen LogP contribution in [0.25, 0.3) is 10.9 Å². The Labute approximate surface area is 213 Å². The van der Waals surface area contributed by atoms with E-state index < -0.39 is 27.3 Å². The third-order valence-corrected chi connectivity index (χ3v) is 8.13. The van der Waals surface area contributed by atoms with Crippen LogP contribution in [-0.4, -0.2) is 38.9 Å². The molecule has 1 aliphatic rings. The molecule has 1 aromatic heterocycles. The smallest absolute Gasteiger partial charge is 0.273 e. The Morgan fingerprint density at radius 1 is 1.03 bits per heavy atom. The van der Waals surface area contributed by atoms with E-state index in [1.807, 2.05) is 0 Å². The fourth-order valence-electron chi connectivity index (χ4n) is 4.81. The van der Waals surface area contributed by atoms with Gasteiger partial charge in [-0.3, -0.25) is 14.6 Å². The predicted octanol–water partition coefficient (Wildman–Crippen LogP) is 3.15. The second-order valence-corrected chi connectivity index (χ2v) is 10.1. The van der Waals surface area contributed by atoms with E-state index in [-0.39, 0.29) is 39.6 Å². The van der Waals surface area contributed by atoms with Gasteiger partial charge in [-0.05, 0) is 43.3 Å². The number of carbonyl (C=O) groups is 2. The van der Waals surface area contributed by atoms with Crippen LogP contribution in [-0.2, 0) is 25.0 Å². The molecule has 0 radical (unpaired) electrons. The number of ether oxygens (including phenoxy) is 2. The zero-order valence-corrected chi connectivity index (χ0v) is 20.9. The monoisotopic (exact) mass is 517 g/mol. The number of aromatic nitrogens is 1. The van der Waals surface area contributed by atoms with Gasteiger partial charge in [0.25, 0.3) is 15.9 Å². The summed E-state index contributed by atoms with van der Waals surface area (Å²) in [5.41, 5.74) is 4.17. The SMILES string of the molecule is CCOc1ccccc1C1(C(N)=O)C(=O)N(S(=O)(=O)c2cccc3cccnc23)c2ccc(OC)cc21. The maximum absolute atomic E-state index is 14.4. The lowest BCUT2D eigenvalue weighted by Gasteiger charge is -2.28. The minimum absolute atomic E-state index is 0.0103. The first-order chi connectivity index (χ1) is 17.8. The number of hydrogen-bond acceptors (Lipinski definition) is 7. The number of carbonyl (C=O) groups excluding carboxylic acids is 2. The van der Waals surface area contributed by atoms with E-state index in [1.54, 1.807) is 49.4 Å².